The molecule has 0 aliphatic heterocycles. The summed E-state index contributed by atoms with van der Waals surface area (Å²) in [5.41, 5.74) is 0.181. The molecule has 0 nitrogen and oxygen atoms in total. The standard InChI is InChI=1S/C6H11.Li/c1-5-6(2,3)4;/h1H2,2-4H3;/q-1;+1. The van der Waals surface area contributed by atoms with Crippen LogP contribution in [0.5, 0.6) is 0 Å². The van der Waals surface area contributed by atoms with Gasteiger partial charge in [-0.25, -0.2) is 0 Å². The van der Waals surface area contributed by atoms with Gasteiger partial charge >= 0.3 is 18.9 Å². The number of rotatable bonds is 0. The smallest absolute Gasteiger partial charge is 0.498 e. The molecular weight excluding hydrogens is 79.0 g/mol. The molecule has 0 atom stereocenters. The van der Waals surface area contributed by atoms with Crippen LogP contribution in [0.2, 0.25) is 0 Å². The number of hydrogen-bond acceptors (Lipinski definition) is 0. The summed E-state index contributed by atoms with van der Waals surface area (Å²) in [5, 5.41) is 0. The fraction of sp³-hybridized carbons (Fsp3) is 0.667. The molecule has 0 aliphatic rings. The fourth-order valence-corrected chi connectivity index (χ4v) is 0. The van der Waals surface area contributed by atoms with E-state index in [1.807, 2.05) is 0 Å². The van der Waals surface area contributed by atoms with Crippen molar-refractivity contribution >= 4 is 0 Å². The van der Waals surface area contributed by atoms with Crippen molar-refractivity contribution in [2.45, 2.75) is 20.8 Å². The third-order valence-electron chi connectivity index (χ3n) is 0.530. The Balaban J connectivity index is 0. The van der Waals surface area contributed by atoms with Gasteiger partial charge in [-0.2, -0.15) is 5.41 Å². The maximum atomic E-state index is 3.51. The van der Waals surface area contributed by atoms with Gasteiger partial charge < -0.3 is 6.08 Å². The quantitative estimate of drug-likeness (QED) is 0.265. The van der Waals surface area contributed by atoms with Crippen molar-refractivity contribution < 1.29 is 18.9 Å². The van der Waals surface area contributed by atoms with E-state index in [-0.39, 0.29) is 24.3 Å². The first-order valence-electron chi connectivity index (χ1n) is 2.10. The van der Waals surface area contributed by atoms with Crippen LogP contribution in [0.25, 0.3) is 0 Å². The minimum atomic E-state index is 0. The van der Waals surface area contributed by atoms with Crippen LogP contribution in [0, 0.1) is 11.5 Å². The average molecular weight is 90.1 g/mol. The van der Waals surface area contributed by atoms with Gasteiger partial charge in [0.25, 0.3) is 0 Å². The maximum Gasteiger partial charge on any atom is 1.00 e. The molecular formula is C6H11Li. The molecule has 0 rings (SSSR count). The summed E-state index contributed by atoms with van der Waals surface area (Å²) >= 11 is 0. The molecule has 0 unspecified atom stereocenters. The predicted octanol–water partition coefficient (Wildman–Crippen LogP) is -0.974. The van der Waals surface area contributed by atoms with Crippen LogP contribution in [0.1, 0.15) is 20.8 Å². The Bertz CT molecular complexity index is 49.7. The second kappa shape index (κ2) is 3.35. The molecule has 0 aromatic carbocycles. The summed E-state index contributed by atoms with van der Waals surface area (Å²) in [7, 11) is 0. The minimum Gasteiger partial charge on any atom is -0.498 e. The second-order valence-electron chi connectivity index (χ2n) is 2.43. The van der Waals surface area contributed by atoms with E-state index in [2.05, 4.69) is 33.4 Å². The zero-order valence-corrected chi connectivity index (χ0v) is 5.71. The molecule has 36 valence electrons. The summed E-state index contributed by atoms with van der Waals surface area (Å²) in [5.74, 6) is 0. The van der Waals surface area contributed by atoms with Gasteiger partial charge in [0.05, 0.1) is 0 Å². The van der Waals surface area contributed by atoms with Crippen LogP contribution in [-0.2, 0) is 0 Å². The molecule has 0 aliphatic carbocycles. The Morgan fingerprint density at radius 3 is 1.43 bits per heavy atom. The van der Waals surface area contributed by atoms with E-state index in [9.17, 15) is 0 Å². The van der Waals surface area contributed by atoms with Crippen molar-refractivity contribution in [3.63, 3.8) is 0 Å². The number of allylic oxidation sites excluding steroid dienone is 1. The summed E-state index contributed by atoms with van der Waals surface area (Å²) < 4.78 is 0. The van der Waals surface area contributed by atoms with E-state index in [0.717, 1.165) is 0 Å². The molecule has 0 N–H and O–H groups in total. The third kappa shape index (κ3) is 10.7. The van der Waals surface area contributed by atoms with Gasteiger partial charge in [-0.3, -0.25) is 6.58 Å². The van der Waals surface area contributed by atoms with Gasteiger partial charge in [0.1, 0.15) is 0 Å². The summed E-state index contributed by atoms with van der Waals surface area (Å²) in [6.45, 7) is 9.72. The third-order valence-corrected chi connectivity index (χ3v) is 0.530. The molecule has 0 bridgehead atoms. The van der Waals surface area contributed by atoms with Crippen LogP contribution in [0.3, 0.4) is 0 Å². The van der Waals surface area contributed by atoms with E-state index in [1.54, 1.807) is 0 Å². The molecule has 1 heteroatoms. The van der Waals surface area contributed by atoms with Gasteiger partial charge in [-0.15, -0.1) is 0 Å². The monoisotopic (exact) mass is 90.1 g/mol. The SMILES string of the molecule is C=[C-]C(C)(C)C.[Li+]. The van der Waals surface area contributed by atoms with E-state index in [1.165, 1.54) is 0 Å². The Labute approximate surface area is 58.2 Å². The largest absolute Gasteiger partial charge is 1.00 e. The van der Waals surface area contributed by atoms with E-state index < -0.39 is 0 Å². The van der Waals surface area contributed by atoms with Crippen molar-refractivity contribution in [3.8, 4) is 0 Å². The average Bonchev–Trinajstić information content (AvgIpc) is 1.35. The fourth-order valence-electron chi connectivity index (χ4n) is 0. The molecule has 0 radical (unpaired) electrons. The van der Waals surface area contributed by atoms with Crippen LogP contribution in [0.4, 0.5) is 0 Å². The zero-order chi connectivity index (χ0) is 5.21. The summed E-state index contributed by atoms with van der Waals surface area (Å²) in [6.07, 6.45) is 2.85. The number of hydrogen-bond donors (Lipinski definition) is 0. The Morgan fingerprint density at radius 2 is 1.43 bits per heavy atom. The molecule has 7 heavy (non-hydrogen) atoms. The normalized spacial score (nSPS) is 9.57. The van der Waals surface area contributed by atoms with Gasteiger partial charge in [-0.1, -0.05) is 20.8 Å². The molecule has 0 amide bonds. The second-order valence-corrected chi connectivity index (χ2v) is 2.43. The molecule has 0 heterocycles. The van der Waals surface area contributed by atoms with Crippen molar-refractivity contribution in [1.29, 1.82) is 0 Å². The van der Waals surface area contributed by atoms with Gasteiger partial charge in [0, 0.05) is 0 Å². The van der Waals surface area contributed by atoms with Crippen molar-refractivity contribution in [2.24, 2.45) is 5.41 Å². The molecule has 0 fully saturated rings. The van der Waals surface area contributed by atoms with Crippen LogP contribution >= 0.6 is 0 Å². The van der Waals surface area contributed by atoms with Gasteiger partial charge in [0.2, 0.25) is 0 Å². The first-order chi connectivity index (χ1) is 2.56. The first-order valence-corrected chi connectivity index (χ1v) is 2.10. The molecule has 0 aromatic heterocycles. The molecule has 0 aromatic rings. The van der Waals surface area contributed by atoms with E-state index in [0.29, 0.717) is 0 Å². The van der Waals surface area contributed by atoms with Crippen molar-refractivity contribution in [2.75, 3.05) is 0 Å². The Hall–Kier alpha value is 0.337. The summed E-state index contributed by atoms with van der Waals surface area (Å²) in [6, 6.07) is 0. The first kappa shape index (κ1) is 10.3. The predicted molar refractivity (Wildman–Crippen MR) is 28.3 cm³/mol. The zero-order valence-electron chi connectivity index (χ0n) is 5.71. The van der Waals surface area contributed by atoms with E-state index in [4.69, 9.17) is 0 Å². The topological polar surface area (TPSA) is 0 Å². The Morgan fingerprint density at radius 1 is 1.29 bits per heavy atom. The molecule has 0 saturated heterocycles. The molecule has 0 spiro atoms. The van der Waals surface area contributed by atoms with Crippen LogP contribution in [0.15, 0.2) is 6.58 Å². The van der Waals surface area contributed by atoms with E-state index >= 15 is 0 Å². The summed E-state index contributed by atoms with van der Waals surface area (Å²) in [4.78, 5) is 0. The van der Waals surface area contributed by atoms with Gasteiger partial charge in [0.15, 0.2) is 0 Å². The minimum absolute atomic E-state index is 0. The Kier molecular flexibility index (Phi) is 4.96. The van der Waals surface area contributed by atoms with Gasteiger partial charge in [-0.05, 0) is 0 Å². The van der Waals surface area contributed by atoms with Crippen LogP contribution < -0.4 is 18.9 Å². The van der Waals surface area contributed by atoms with Crippen LogP contribution in [-0.4, -0.2) is 0 Å². The maximum absolute atomic E-state index is 3.51. The molecule has 0 saturated carbocycles. The van der Waals surface area contributed by atoms with Crippen molar-refractivity contribution in [1.82, 2.24) is 0 Å². The van der Waals surface area contributed by atoms with Crippen molar-refractivity contribution in [3.05, 3.63) is 12.7 Å².